The van der Waals surface area contributed by atoms with Crippen LogP contribution in [0.1, 0.15) is 26.3 Å². The summed E-state index contributed by atoms with van der Waals surface area (Å²) in [5.41, 5.74) is 5.41. The zero-order valence-corrected chi connectivity index (χ0v) is 17.1. The number of anilines is 2. The Labute approximate surface area is 169 Å². The molecular weight excluding hydrogens is 380 g/mol. The standard InChI is InChI=1S/C19H25ClN6O2/c1-24(2)18(27)13-5-12(6-16(8-13)23-21)11-26(22)17-9-14(7-15(20)10-17)19(28)25(3)4/h5-10,23H,11,21-22H2,1-4H3. The van der Waals surface area contributed by atoms with Gasteiger partial charge in [0.15, 0.2) is 0 Å². The van der Waals surface area contributed by atoms with E-state index < -0.39 is 0 Å². The molecule has 2 aromatic carbocycles. The monoisotopic (exact) mass is 404 g/mol. The molecule has 2 aromatic rings. The lowest BCUT2D eigenvalue weighted by Crippen LogP contribution is -2.31. The van der Waals surface area contributed by atoms with Crippen molar-refractivity contribution in [2.45, 2.75) is 6.54 Å². The van der Waals surface area contributed by atoms with Gasteiger partial charge in [-0.25, -0.2) is 5.84 Å². The first-order valence-corrected chi connectivity index (χ1v) is 8.87. The maximum Gasteiger partial charge on any atom is 0.253 e. The molecule has 0 radical (unpaired) electrons. The Morgan fingerprint density at radius 2 is 1.50 bits per heavy atom. The largest absolute Gasteiger partial charge is 0.345 e. The number of nitrogens with zero attached hydrogens (tertiary/aromatic N) is 3. The predicted octanol–water partition coefficient (Wildman–Crippen LogP) is 1.91. The molecule has 0 unspecified atom stereocenters. The number of hydrogen-bond donors (Lipinski definition) is 3. The minimum Gasteiger partial charge on any atom is -0.345 e. The van der Waals surface area contributed by atoms with Crippen molar-refractivity contribution in [3.05, 3.63) is 58.1 Å². The zero-order chi connectivity index (χ0) is 21.0. The third kappa shape index (κ3) is 5.13. The van der Waals surface area contributed by atoms with E-state index in [0.717, 1.165) is 5.56 Å². The fourth-order valence-corrected chi connectivity index (χ4v) is 2.89. The molecule has 2 rings (SSSR count). The number of carbonyl (C=O) groups is 2. The van der Waals surface area contributed by atoms with Crippen molar-refractivity contribution in [1.29, 1.82) is 0 Å². The van der Waals surface area contributed by atoms with Gasteiger partial charge in [0.1, 0.15) is 0 Å². The van der Waals surface area contributed by atoms with Gasteiger partial charge < -0.3 is 20.2 Å². The Morgan fingerprint density at radius 3 is 2.04 bits per heavy atom. The summed E-state index contributed by atoms with van der Waals surface area (Å²) in [5.74, 6) is 11.4. The maximum atomic E-state index is 12.3. The van der Waals surface area contributed by atoms with E-state index in [4.69, 9.17) is 23.3 Å². The first-order valence-electron chi connectivity index (χ1n) is 8.49. The molecule has 8 nitrogen and oxygen atoms in total. The second kappa shape index (κ2) is 8.92. The molecule has 0 aliphatic carbocycles. The van der Waals surface area contributed by atoms with E-state index in [1.807, 2.05) is 0 Å². The van der Waals surface area contributed by atoms with Crippen molar-refractivity contribution in [2.24, 2.45) is 11.7 Å². The van der Waals surface area contributed by atoms with Crippen LogP contribution in [0.3, 0.4) is 0 Å². The third-order valence-electron chi connectivity index (χ3n) is 4.03. The Bertz CT molecular complexity index is 885. The summed E-state index contributed by atoms with van der Waals surface area (Å²) < 4.78 is 0. The minimum atomic E-state index is -0.176. The summed E-state index contributed by atoms with van der Waals surface area (Å²) in [6, 6.07) is 10.1. The van der Waals surface area contributed by atoms with E-state index in [0.29, 0.717) is 27.5 Å². The van der Waals surface area contributed by atoms with Gasteiger partial charge in [0, 0.05) is 50.0 Å². The Morgan fingerprint density at radius 1 is 0.929 bits per heavy atom. The summed E-state index contributed by atoms with van der Waals surface area (Å²) >= 11 is 6.17. The molecule has 150 valence electrons. The second-order valence-electron chi connectivity index (χ2n) is 6.79. The van der Waals surface area contributed by atoms with Gasteiger partial charge in [-0.3, -0.25) is 15.4 Å². The molecule has 0 heterocycles. The number of nitrogen functional groups attached to an aromatic ring is 1. The molecule has 0 bridgehead atoms. The Kier molecular flexibility index (Phi) is 6.85. The van der Waals surface area contributed by atoms with Crippen LogP contribution < -0.4 is 22.1 Å². The van der Waals surface area contributed by atoms with Crippen molar-refractivity contribution in [2.75, 3.05) is 38.6 Å². The normalized spacial score (nSPS) is 10.4. The van der Waals surface area contributed by atoms with Crippen molar-refractivity contribution in [1.82, 2.24) is 9.80 Å². The van der Waals surface area contributed by atoms with Crippen LogP contribution in [-0.4, -0.2) is 49.8 Å². The Hall–Kier alpha value is -2.81. The molecule has 0 aromatic heterocycles. The van der Waals surface area contributed by atoms with Crippen molar-refractivity contribution in [3.8, 4) is 0 Å². The minimum absolute atomic E-state index is 0.149. The highest BCUT2D eigenvalue weighted by atomic mass is 35.5. The molecule has 0 fully saturated rings. The van der Waals surface area contributed by atoms with Gasteiger partial charge in [0.05, 0.1) is 12.2 Å². The van der Waals surface area contributed by atoms with Crippen LogP contribution >= 0.6 is 11.6 Å². The van der Waals surface area contributed by atoms with Crippen LogP contribution in [0.4, 0.5) is 11.4 Å². The third-order valence-corrected chi connectivity index (χ3v) is 4.25. The van der Waals surface area contributed by atoms with E-state index in [9.17, 15) is 9.59 Å². The topological polar surface area (TPSA) is 108 Å². The number of amides is 2. The molecule has 0 aliphatic heterocycles. The molecule has 0 saturated carbocycles. The van der Waals surface area contributed by atoms with E-state index in [1.165, 1.54) is 14.8 Å². The average molecular weight is 405 g/mol. The molecule has 5 N–H and O–H groups in total. The van der Waals surface area contributed by atoms with E-state index in [-0.39, 0.29) is 18.4 Å². The van der Waals surface area contributed by atoms with Gasteiger partial charge >= 0.3 is 0 Å². The lowest BCUT2D eigenvalue weighted by molar-refractivity contribution is 0.0820. The molecule has 9 heteroatoms. The molecule has 0 saturated heterocycles. The molecule has 0 spiro atoms. The van der Waals surface area contributed by atoms with Gasteiger partial charge in [-0.1, -0.05) is 11.6 Å². The van der Waals surface area contributed by atoms with E-state index in [2.05, 4.69) is 5.43 Å². The zero-order valence-electron chi connectivity index (χ0n) is 16.4. The van der Waals surface area contributed by atoms with Crippen LogP contribution in [0.5, 0.6) is 0 Å². The van der Waals surface area contributed by atoms with Crippen molar-refractivity contribution < 1.29 is 9.59 Å². The first kappa shape index (κ1) is 21.5. The lowest BCUT2D eigenvalue weighted by atomic mass is 10.1. The molecule has 2 amide bonds. The SMILES string of the molecule is CN(C)C(=O)c1cc(CN(N)c2cc(Cl)cc(C(=O)N(C)C)c2)cc(NN)c1. The summed E-state index contributed by atoms with van der Waals surface area (Å²) in [6.45, 7) is 0.277. The number of carbonyl (C=O) groups excluding carboxylic acids is 2. The molecule has 0 atom stereocenters. The number of nitrogens with one attached hydrogen (secondary N) is 1. The number of rotatable bonds is 6. The lowest BCUT2D eigenvalue weighted by Gasteiger charge is -2.21. The van der Waals surface area contributed by atoms with Crippen molar-refractivity contribution >= 4 is 34.8 Å². The number of hydrogen-bond acceptors (Lipinski definition) is 6. The number of benzene rings is 2. The van der Waals surface area contributed by atoms with Gasteiger partial charge in [-0.05, 0) is 42.0 Å². The summed E-state index contributed by atoms with van der Waals surface area (Å²) in [7, 11) is 6.68. The second-order valence-corrected chi connectivity index (χ2v) is 7.22. The maximum absolute atomic E-state index is 12.3. The molecular formula is C19H25ClN6O2. The first-order chi connectivity index (χ1) is 13.1. The average Bonchev–Trinajstić information content (AvgIpc) is 2.65. The van der Waals surface area contributed by atoms with Crippen molar-refractivity contribution in [3.63, 3.8) is 0 Å². The van der Waals surface area contributed by atoms with Crippen LogP contribution in [0, 0.1) is 0 Å². The number of nitrogens with two attached hydrogens (primary N) is 2. The van der Waals surface area contributed by atoms with Gasteiger partial charge in [-0.15, -0.1) is 0 Å². The number of hydrazine groups is 2. The van der Waals surface area contributed by atoms with Gasteiger partial charge in [-0.2, -0.15) is 0 Å². The van der Waals surface area contributed by atoms with Gasteiger partial charge in [0.2, 0.25) is 0 Å². The predicted molar refractivity (Wildman–Crippen MR) is 112 cm³/mol. The van der Waals surface area contributed by atoms with Crippen LogP contribution in [0.2, 0.25) is 5.02 Å². The fourth-order valence-electron chi connectivity index (χ4n) is 2.66. The molecule has 28 heavy (non-hydrogen) atoms. The summed E-state index contributed by atoms with van der Waals surface area (Å²) in [6.07, 6.45) is 0. The highest BCUT2D eigenvalue weighted by Crippen LogP contribution is 2.24. The summed E-state index contributed by atoms with van der Waals surface area (Å²) in [5, 5.41) is 1.86. The smallest absolute Gasteiger partial charge is 0.253 e. The quantitative estimate of drug-likeness (QED) is 0.501. The van der Waals surface area contributed by atoms with E-state index >= 15 is 0 Å². The van der Waals surface area contributed by atoms with Crippen LogP contribution in [0.25, 0.3) is 0 Å². The van der Waals surface area contributed by atoms with E-state index in [1.54, 1.807) is 64.6 Å². The van der Waals surface area contributed by atoms with Crippen LogP contribution in [-0.2, 0) is 6.54 Å². The van der Waals surface area contributed by atoms with Crippen LogP contribution in [0.15, 0.2) is 36.4 Å². The highest BCUT2D eigenvalue weighted by Gasteiger charge is 2.15. The summed E-state index contributed by atoms with van der Waals surface area (Å²) in [4.78, 5) is 27.5. The Balaban J connectivity index is 2.34. The number of halogens is 1. The highest BCUT2D eigenvalue weighted by molar-refractivity contribution is 6.31. The fraction of sp³-hybridized carbons (Fsp3) is 0.263. The molecule has 0 aliphatic rings. The van der Waals surface area contributed by atoms with Gasteiger partial charge in [0.25, 0.3) is 11.8 Å².